The maximum Gasteiger partial charge on any atom is 0.221 e. The number of hydrogen-bond acceptors (Lipinski definition) is 2. The van der Waals surface area contributed by atoms with Crippen LogP contribution >= 0.6 is 12.2 Å². The fourth-order valence-electron chi connectivity index (χ4n) is 1.24. The molecule has 4 N–H and O–H groups in total. The van der Waals surface area contributed by atoms with E-state index in [0.29, 0.717) is 0 Å². The minimum Gasteiger partial charge on any atom is -0.493 e. The van der Waals surface area contributed by atoms with Crippen LogP contribution in [-0.4, -0.2) is 17.9 Å². The third-order valence-corrected chi connectivity index (χ3v) is 2.20. The third-order valence-electron chi connectivity index (χ3n) is 2.10. The quantitative estimate of drug-likeness (QED) is 0.291. The Labute approximate surface area is 107 Å². The molecule has 0 spiro atoms. The van der Waals surface area contributed by atoms with Crippen molar-refractivity contribution < 1.29 is 9.84 Å². The largest absolute Gasteiger partial charge is 0.493 e. The van der Waals surface area contributed by atoms with E-state index in [9.17, 15) is 0 Å². The summed E-state index contributed by atoms with van der Waals surface area (Å²) in [5.74, 6) is 0.846. The van der Waals surface area contributed by atoms with E-state index in [-0.39, 0.29) is 5.11 Å². The van der Waals surface area contributed by atoms with Crippen molar-refractivity contribution in [3.63, 3.8) is 0 Å². The van der Waals surface area contributed by atoms with Gasteiger partial charge in [0.1, 0.15) is 5.75 Å². The molecule has 0 aliphatic heterocycles. The summed E-state index contributed by atoms with van der Waals surface area (Å²) in [7, 11) is 0. The molecule has 1 rings (SSSR count). The molecule has 0 atom stereocenters. The van der Waals surface area contributed by atoms with Crippen LogP contribution in [0, 0.1) is 0 Å². The van der Waals surface area contributed by atoms with Crippen molar-refractivity contribution in [2.24, 2.45) is 5.73 Å². The number of nitrogens with two attached hydrogens (primary N) is 1. The highest BCUT2D eigenvalue weighted by Gasteiger charge is 2.02. The highest BCUT2D eigenvalue weighted by atomic mass is 32.1. The lowest BCUT2D eigenvalue weighted by molar-refractivity contribution is -0.499. The van der Waals surface area contributed by atoms with Gasteiger partial charge in [0.2, 0.25) is 11.3 Å². The van der Waals surface area contributed by atoms with Gasteiger partial charge in [-0.25, -0.2) is 0 Å². The minimum absolute atomic E-state index is 0.200. The first-order valence-electron chi connectivity index (χ1n) is 5.60. The Bertz CT molecular complexity index is 393. The highest BCUT2D eigenvalue weighted by molar-refractivity contribution is 7.80. The predicted molar refractivity (Wildman–Crippen MR) is 72.9 cm³/mol. The molecule has 0 saturated heterocycles. The zero-order chi connectivity index (χ0) is 12.5. The molecule has 92 valence electrons. The lowest BCUT2D eigenvalue weighted by Gasteiger charge is -2.06. The number of hydrazone groups is 1. The van der Waals surface area contributed by atoms with Crippen molar-refractivity contribution in [2.45, 2.75) is 19.8 Å². The monoisotopic (exact) mass is 252 g/mol. The number of para-hydroxylation sites is 1. The molecule has 0 radical (unpaired) electrons. The molecule has 0 aliphatic rings. The molecule has 0 aliphatic carbocycles. The van der Waals surface area contributed by atoms with Gasteiger partial charge in [-0.05, 0) is 30.8 Å². The molecule has 0 amide bonds. The second-order valence-electron chi connectivity index (χ2n) is 3.52. The van der Waals surface area contributed by atoms with E-state index in [0.717, 1.165) is 30.8 Å². The molecule has 0 heterocycles. The smallest absolute Gasteiger partial charge is 0.221 e. The van der Waals surface area contributed by atoms with Crippen LogP contribution in [0.2, 0.25) is 0 Å². The van der Waals surface area contributed by atoms with E-state index in [1.165, 1.54) is 0 Å². The number of rotatable bonds is 6. The van der Waals surface area contributed by atoms with Crippen LogP contribution in [0.25, 0.3) is 0 Å². The number of hydrazine groups is 1. The van der Waals surface area contributed by atoms with Gasteiger partial charge in [0, 0.05) is 0 Å². The van der Waals surface area contributed by atoms with E-state index in [1.54, 1.807) is 6.21 Å². The third kappa shape index (κ3) is 5.31. The summed E-state index contributed by atoms with van der Waals surface area (Å²) in [5.41, 5.74) is 8.89. The molecule has 4 nitrogen and oxygen atoms in total. The van der Waals surface area contributed by atoms with Crippen LogP contribution in [0.4, 0.5) is 0 Å². The van der Waals surface area contributed by atoms with Gasteiger partial charge in [-0.1, -0.05) is 25.5 Å². The number of ether oxygens (including phenoxy) is 1. The standard InChI is InChI=1S/C12H17N3OS/c1-2-3-8-16-11-7-5-4-6-10(11)9-14-15-12(13)17/h4-7,9H,2-3,8H2,1H3,(H3,13,15,17)/p+1. The predicted octanol–water partition coefficient (Wildman–Crippen LogP) is 0.113. The van der Waals surface area contributed by atoms with E-state index in [2.05, 4.69) is 29.7 Å². The number of thiocarbonyl (C=S) groups is 1. The molecule has 17 heavy (non-hydrogen) atoms. The van der Waals surface area contributed by atoms with E-state index in [1.807, 2.05) is 24.3 Å². The van der Waals surface area contributed by atoms with Crippen LogP contribution in [0.15, 0.2) is 24.3 Å². The van der Waals surface area contributed by atoms with Gasteiger partial charge in [0.25, 0.3) is 0 Å². The lowest BCUT2D eigenvalue weighted by atomic mass is 10.2. The molecule has 1 aromatic rings. The Balaban J connectivity index is 2.63. The van der Waals surface area contributed by atoms with Gasteiger partial charge in [-0.3, -0.25) is 0 Å². The van der Waals surface area contributed by atoms with Crippen molar-refractivity contribution in [1.29, 1.82) is 0 Å². The van der Waals surface area contributed by atoms with Crippen molar-refractivity contribution >= 4 is 23.5 Å². The Morgan fingerprint density at radius 2 is 2.29 bits per heavy atom. The maximum atomic E-state index is 5.67. The van der Waals surface area contributed by atoms with Crippen LogP contribution in [-0.2, 0) is 0 Å². The van der Waals surface area contributed by atoms with Gasteiger partial charge in [-0.15, -0.1) is 10.5 Å². The fourth-order valence-corrected chi connectivity index (χ4v) is 1.30. The zero-order valence-corrected chi connectivity index (χ0v) is 10.7. The van der Waals surface area contributed by atoms with Crippen LogP contribution in [0.3, 0.4) is 0 Å². The van der Waals surface area contributed by atoms with Gasteiger partial charge < -0.3 is 10.5 Å². The van der Waals surface area contributed by atoms with Crippen molar-refractivity contribution in [3.05, 3.63) is 29.8 Å². The average Bonchev–Trinajstić information content (AvgIpc) is 2.31. The van der Waals surface area contributed by atoms with Crippen LogP contribution in [0.1, 0.15) is 25.3 Å². The summed E-state index contributed by atoms with van der Waals surface area (Å²) in [6.07, 6.45) is 3.93. The van der Waals surface area contributed by atoms with E-state index >= 15 is 0 Å². The van der Waals surface area contributed by atoms with Gasteiger partial charge in [0.15, 0.2) is 0 Å². The molecule has 0 unspecified atom stereocenters. The lowest BCUT2D eigenvalue weighted by Crippen LogP contribution is -2.82. The summed E-state index contributed by atoms with van der Waals surface area (Å²) in [6, 6.07) is 7.78. The van der Waals surface area contributed by atoms with Crippen molar-refractivity contribution in [3.8, 4) is 5.75 Å². The van der Waals surface area contributed by atoms with Gasteiger partial charge >= 0.3 is 0 Å². The molecular formula is C12H18N3OS+. The summed E-state index contributed by atoms with van der Waals surface area (Å²) < 4.78 is 5.67. The normalized spacial score (nSPS) is 10.4. The number of hydrogen-bond donors (Lipinski definition) is 3. The molecule has 0 saturated carbocycles. The SMILES string of the molecule is CCCCOc1ccccc1C=[NH+]NC(N)=S. The zero-order valence-electron chi connectivity index (χ0n) is 9.90. The topological polar surface area (TPSA) is 61.2 Å². The Kier molecular flexibility index (Phi) is 6.03. The molecule has 0 aromatic heterocycles. The Morgan fingerprint density at radius 3 is 3.00 bits per heavy atom. The number of benzene rings is 1. The van der Waals surface area contributed by atoms with Gasteiger partial charge in [0.05, 0.1) is 12.2 Å². The number of nitrogens with one attached hydrogen (secondary N) is 2. The first-order valence-corrected chi connectivity index (χ1v) is 6.01. The van der Waals surface area contributed by atoms with E-state index in [4.69, 9.17) is 10.5 Å². The second-order valence-corrected chi connectivity index (χ2v) is 3.96. The highest BCUT2D eigenvalue weighted by Crippen LogP contribution is 2.15. The maximum absolute atomic E-state index is 5.67. The average molecular weight is 252 g/mol. The fraction of sp³-hybridized carbons (Fsp3) is 0.333. The summed E-state index contributed by atoms with van der Waals surface area (Å²) in [5, 5.41) is 3.01. The van der Waals surface area contributed by atoms with E-state index < -0.39 is 0 Å². The summed E-state index contributed by atoms with van der Waals surface area (Å²) in [4.78, 5) is 0. The molecule has 1 aromatic carbocycles. The van der Waals surface area contributed by atoms with Crippen LogP contribution in [0.5, 0.6) is 5.75 Å². The van der Waals surface area contributed by atoms with Gasteiger partial charge in [-0.2, -0.15) is 0 Å². The molecule has 0 bridgehead atoms. The second kappa shape index (κ2) is 7.62. The Hall–Kier alpha value is -1.62. The summed E-state index contributed by atoms with van der Waals surface area (Å²) in [6.45, 7) is 2.86. The molecule has 5 heteroatoms. The minimum atomic E-state index is 0.200. The summed E-state index contributed by atoms with van der Waals surface area (Å²) >= 11 is 4.68. The Morgan fingerprint density at radius 1 is 1.53 bits per heavy atom. The van der Waals surface area contributed by atoms with Crippen molar-refractivity contribution in [1.82, 2.24) is 5.43 Å². The molecule has 0 fully saturated rings. The molecular weight excluding hydrogens is 234 g/mol. The first kappa shape index (κ1) is 13.4. The first-order chi connectivity index (χ1) is 8.24. The van der Waals surface area contributed by atoms with Crippen molar-refractivity contribution in [2.75, 3.05) is 6.61 Å². The van der Waals surface area contributed by atoms with Crippen LogP contribution < -0.4 is 21.0 Å². The number of unbranched alkanes of at least 4 members (excludes halogenated alkanes) is 1.